The van der Waals surface area contributed by atoms with Crippen LogP contribution >= 0.6 is 0 Å². The molecular formula is C49H52Cl2Zr-2. The van der Waals surface area contributed by atoms with Crippen molar-refractivity contribution in [2.75, 3.05) is 0 Å². The van der Waals surface area contributed by atoms with Crippen LogP contribution in [-0.2, 0) is 41.5 Å². The number of hydrogen-bond donors (Lipinski definition) is 0. The van der Waals surface area contributed by atoms with E-state index >= 15 is 0 Å². The first-order chi connectivity index (χ1) is 23.6. The Morgan fingerprint density at radius 2 is 1.13 bits per heavy atom. The zero-order valence-electron chi connectivity index (χ0n) is 32.5. The van der Waals surface area contributed by atoms with Gasteiger partial charge < -0.3 is 24.8 Å². The second kappa shape index (κ2) is 18.2. The largest absolute Gasteiger partial charge is 1.00 e. The van der Waals surface area contributed by atoms with E-state index in [1.54, 1.807) is 0 Å². The second-order valence-electron chi connectivity index (χ2n) is 15.9. The normalized spacial score (nSPS) is 11.4. The third-order valence-electron chi connectivity index (χ3n) is 9.47. The van der Waals surface area contributed by atoms with Crippen molar-refractivity contribution in [3.63, 3.8) is 0 Å². The number of fused-ring (bicyclic) bond motifs is 3. The van der Waals surface area contributed by atoms with Crippen LogP contribution < -0.4 is 24.8 Å². The Hall–Kier alpha value is -3.22. The van der Waals surface area contributed by atoms with Gasteiger partial charge in [-0.1, -0.05) is 115 Å². The van der Waals surface area contributed by atoms with Crippen LogP contribution in [0.15, 0.2) is 121 Å². The van der Waals surface area contributed by atoms with Crippen molar-refractivity contribution in [1.82, 2.24) is 0 Å². The molecule has 0 heterocycles. The first-order valence-corrected chi connectivity index (χ1v) is 19.0. The number of hydrogen-bond acceptors (Lipinski definition) is 0. The van der Waals surface area contributed by atoms with Gasteiger partial charge in [0.05, 0.1) is 0 Å². The summed E-state index contributed by atoms with van der Waals surface area (Å²) in [5, 5.41) is 0. The SMILES string of the molecule is CC(C)(C)c1[c-]c2c(cc1)-c1ccc(C(C)(C)C)cc1C2.Cc1cc(-c2ccccc2)c(C)[cH-]1.Cc1ccc([C](=[Zr+2])c2ccc(C)cc2)cc1.[Cl-].[Cl-]. The molecule has 268 valence electrons. The molecule has 6 aromatic rings. The van der Waals surface area contributed by atoms with E-state index in [0.29, 0.717) is 0 Å². The minimum Gasteiger partial charge on any atom is -1.00 e. The summed E-state index contributed by atoms with van der Waals surface area (Å²) >= 11 is 1.46. The monoisotopic (exact) mass is 800 g/mol. The molecule has 0 bridgehead atoms. The third kappa shape index (κ3) is 10.9. The molecule has 7 rings (SSSR count). The number of aryl methyl sites for hydroxylation is 4. The molecule has 3 heteroatoms. The van der Waals surface area contributed by atoms with Crippen LogP contribution in [0, 0.1) is 33.8 Å². The molecule has 0 nitrogen and oxygen atoms in total. The topological polar surface area (TPSA) is 0 Å². The van der Waals surface area contributed by atoms with E-state index in [1.807, 2.05) is 0 Å². The number of rotatable bonds is 3. The Morgan fingerprint density at radius 1 is 0.596 bits per heavy atom. The predicted molar refractivity (Wildman–Crippen MR) is 213 cm³/mol. The number of benzene rings is 5. The van der Waals surface area contributed by atoms with Gasteiger partial charge in [0, 0.05) is 0 Å². The van der Waals surface area contributed by atoms with E-state index in [1.165, 1.54) is 105 Å². The van der Waals surface area contributed by atoms with Crippen molar-refractivity contribution in [2.45, 2.75) is 86.5 Å². The molecular weight excluding hydrogens is 751 g/mol. The fourth-order valence-corrected chi connectivity index (χ4v) is 7.19. The fraction of sp³-hybridized carbons (Fsp3) is 0.265. The van der Waals surface area contributed by atoms with Gasteiger partial charge in [0.2, 0.25) is 0 Å². The van der Waals surface area contributed by atoms with Crippen molar-refractivity contribution in [3.8, 4) is 22.3 Å². The van der Waals surface area contributed by atoms with Crippen LogP contribution in [0.25, 0.3) is 22.3 Å². The molecule has 1 aliphatic rings. The first-order valence-electron chi connectivity index (χ1n) is 17.8. The Labute approximate surface area is 341 Å². The Morgan fingerprint density at radius 3 is 1.62 bits per heavy atom. The van der Waals surface area contributed by atoms with Gasteiger partial charge in [-0.3, -0.25) is 0 Å². The zero-order valence-corrected chi connectivity index (χ0v) is 36.5. The van der Waals surface area contributed by atoms with E-state index in [9.17, 15) is 0 Å². The second-order valence-corrected chi connectivity index (χ2v) is 17.1. The van der Waals surface area contributed by atoms with Gasteiger partial charge in [0.15, 0.2) is 0 Å². The molecule has 1 aliphatic carbocycles. The van der Waals surface area contributed by atoms with Crippen molar-refractivity contribution in [3.05, 3.63) is 183 Å². The van der Waals surface area contributed by atoms with E-state index in [-0.39, 0.29) is 35.6 Å². The fourth-order valence-electron chi connectivity index (χ4n) is 6.37. The smallest absolute Gasteiger partial charge is 1.00 e. The maximum absolute atomic E-state index is 3.67. The van der Waals surface area contributed by atoms with Crippen LogP contribution in [-0.4, -0.2) is 3.21 Å². The maximum atomic E-state index is 3.67. The Balaban J connectivity index is 0.000000212. The zero-order chi connectivity index (χ0) is 36.2. The average Bonchev–Trinajstić information content (AvgIpc) is 3.63. The molecule has 52 heavy (non-hydrogen) atoms. The van der Waals surface area contributed by atoms with Crippen LogP contribution in [0.5, 0.6) is 0 Å². The van der Waals surface area contributed by atoms with Crippen LogP contribution in [0.1, 0.15) is 97.2 Å². The van der Waals surface area contributed by atoms with E-state index in [2.05, 4.69) is 197 Å². The molecule has 0 unspecified atom stereocenters. The van der Waals surface area contributed by atoms with Gasteiger partial charge in [-0.2, -0.15) is 46.5 Å². The standard InChI is InChI=1S/C21H25.C15H14.C13H13.2ClH.Zr/c1-20(2,3)16-7-9-18-14(12-16)11-15-13-17(21(4,5)6)8-10-19(15)18;1-12-3-7-14(8-4-12)11-15-9-5-13(2)6-10-15;1-10-8-11(2)13(9-10)12-6-4-3-5-7-12;;;/h7-10,12H,11H2,1-6H3;3-10H,1-2H3;3-9H,1-2H3;2*1H;/q-1;;-1;;;+2/p-2. The first kappa shape index (κ1) is 43.2. The van der Waals surface area contributed by atoms with E-state index in [0.717, 1.165) is 6.42 Å². The summed E-state index contributed by atoms with van der Waals surface area (Å²) in [6, 6.07) is 47.7. The molecule has 0 saturated heterocycles. The van der Waals surface area contributed by atoms with Crippen molar-refractivity contribution >= 4 is 3.21 Å². The summed E-state index contributed by atoms with van der Waals surface area (Å²) in [7, 11) is 0. The Kier molecular flexibility index (Phi) is 15.1. The summed E-state index contributed by atoms with van der Waals surface area (Å²) in [5.41, 5.74) is 19.4. The molecule has 0 fully saturated rings. The molecule has 6 aromatic carbocycles. The quantitative estimate of drug-likeness (QED) is 0.173. The van der Waals surface area contributed by atoms with Crippen LogP contribution in [0.3, 0.4) is 0 Å². The average molecular weight is 803 g/mol. The van der Waals surface area contributed by atoms with Crippen molar-refractivity contribution in [1.29, 1.82) is 0 Å². The minimum atomic E-state index is 0. The molecule has 0 amide bonds. The summed E-state index contributed by atoms with van der Waals surface area (Å²) in [4.78, 5) is 0. The predicted octanol–water partition coefficient (Wildman–Crippen LogP) is 6.77. The van der Waals surface area contributed by atoms with Gasteiger partial charge in [-0.25, -0.2) is 6.07 Å². The minimum absolute atomic E-state index is 0. The molecule has 0 aromatic heterocycles. The third-order valence-corrected chi connectivity index (χ3v) is 10.9. The summed E-state index contributed by atoms with van der Waals surface area (Å²) < 4.78 is 1.42. The van der Waals surface area contributed by atoms with Crippen molar-refractivity contribution in [2.24, 2.45) is 0 Å². The molecule has 0 radical (unpaired) electrons. The van der Waals surface area contributed by atoms with Crippen LogP contribution in [0.4, 0.5) is 0 Å². The van der Waals surface area contributed by atoms with E-state index < -0.39 is 0 Å². The van der Waals surface area contributed by atoms with Gasteiger partial charge in [-0.15, -0.1) is 11.1 Å². The molecule has 0 atom stereocenters. The van der Waals surface area contributed by atoms with Gasteiger partial charge in [-0.05, 0) is 28.4 Å². The van der Waals surface area contributed by atoms with E-state index in [4.69, 9.17) is 0 Å². The van der Waals surface area contributed by atoms with Crippen molar-refractivity contribution < 1.29 is 49.0 Å². The van der Waals surface area contributed by atoms with Gasteiger partial charge >= 0.3 is 112 Å². The summed E-state index contributed by atoms with van der Waals surface area (Å²) in [5.74, 6) is 0. The summed E-state index contributed by atoms with van der Waals surface area (Å²) in [6.07, 6.45) is 1.03. The molecule has 0 saturated carbocycles. The molecule has 0 spiro atoms. The summed E-state index contributed by atoms with van der Waals surface area (Å²) in [6.45, 7) is 22.1. The van der Waals surface area contributed by atoms with Crippen LogP contribution in [0.2, 0.25) is 0 Å². The maximum Gasteiger partial charge on any atom is -1.00 e. The Bertz CT molecular complexity index is 1960. The molecule has 0 N–H and O–H groups in total. The number of halogens is 2. The molecule has 0 aliphatic heterocycles. The van der Waals surface area contributed by atoms with Gasteiger partial charge in [0.1, 0.15) is 0 Å². The van der Waals surface area contributed by atoms with Gasteiger partial charge in [0.25, 0.3) is 0 Å².